The zero-order valence-corrected chi connectivity index (χ0v) is 11.0. The van der Waals surface area contributed by atoms with Gasteiger partial charge in [-0.3, -0.25) is 0 Å². The topological polar surface area (TPSA) is 66.6 Å². The fourth-order valence-corrected chi connectivity index (χ4v) is 3.36. The van der Waals surface area contributed by atoms with Gasteiger partial charge in [-0.1, -0.05) is 0 Å². The third-order valence-electron chi connectivity index (χ3n) is 3.09. The molecule has 0 radical (unpaired) electrons. The van der Waals surface area contributed by atoms with Gasteiger partial charge in [-0.25, -0.2) is 12.7 Å². The van der Waals surface area contributed by atoms with Crippen LogP contribution in [0.3, 0.4) is 0 Å². The molecule has 1 fully saturated rings. The maximum Gasteiger partial charge on any atom is 0.213 e. The summed E-state index contributed by atoms with van der Waals surface area (Å²) in [6.07, 6.45) is 1.63. The van der Waals surface area contributed by atoms with Crippen LogP contribution in [0.2, 0.25) is 0 Å². The molecule has 1 unspecified atom stereocenters. The van der Waals surface area contributed by atoms with E-state index in [4.69, 9.17) is 5.73 Å². The summed E-state index contributed by atoms with van der Waals surface area (Å²) >= 11 is 0. The van der Waals surface area contributed by atoms with Crippen LogP contribution in [0.15, 0.2) is 0 Å². The van der Waals surface area contributed by atoms with E-state index in [0.29, 0.717) is 25.4 Å². The fraction of sp³-hybridized carbons (Fsp3) is 1.00. The van der Waals surface area contributed by atoms with Gasteiger partial charge in [0.1, 0.15) is 0 Å². The molecule has 0 saturated carbocycles. The Morgan fingerprint density at radius 2 is 2.19 bits per heavy atom. The molecule has 2 N–H and O–H groups in total. The molecule has 6 heteroatoms. The third-order valence-corrected chi connectivity index (χ3v) is 4.99. The first-order chi connectivity index (χ1) is 7.45. The molecule has 0 amide bonds. The highest BCUT2D eigenvalue weighted by molar-refractivity contribution is 7.89. The number of sulfonamides is 1. The minimum atomic E-state index is -3.09. The molecule has 0 aromatic carbocycles. The van der Waals surface area contributed by atoms with Crippen molar-refractivity contribution in [3.8, 4) is 0 Å². The first-order valence-corrected chi connectivity index (χ1v) is 7.39. The van der Waals surface area contributed by atoms with Gasteiger partial charge in [0.05, 0.1) is 5.75 Å². The van der Waals surface area contributed by atoms with Crippen LogP contribution in [0.4, 0.5) is 0 Å². The molecule has 5 nitrogen and oxygen atoms in total. The molecule has 1 atom stereocenters. The Bertz CT molecular complexity index is 305. The first-order valence-electron chi connectivity index (χ1n) is 5.78. The molecule has 1 aliphatic rings. The molecule has 1 rings (SSSR count). The molecule has 1 heterocycles. The van der Waals surface area contributed by atoms with Crippen molar-refractivity contribution in [2.75, 3.05) is 46.0 Å². The molecule has 96 valence electrons. The zero-order valence-electron chi connectivity index (χ0n) is 10.2. The average Bonchev–Trinajstić information content (AvgIpc) is 2.61. The van der Waals surface area contributed by atoms with Crippen molar-refractivity contribution in [1.29, 1.82) is 0 Å². The SMILES string of the molecule is CN1CCC(CN(C)S(=O)(=O)CCCN)C1. The van der Waals surface area contributed by atoms with Crippen LogP contribution < -0.4 is 5.73 Å². The summed E-state index contributed by atoms with van der Waals surface area (Å²) in [6.45, 7) is 3.13. The van der Waals surface area contributed by atoms with Gasteiger partial charge in [-0.05, 0) is 38.9 Å². The quantitative estimate of drug-likeness (QED) is 0.692. The minimum absolute atomic E-state index is 0.169. The Hall–Kier alpha value is -0.170. The van der Waals surface area contributed by atoms with Gasteiger partial charge in [0.2, 0.25) is 10.0 Å². The molecular weight excluding hydrogens is 226 g/mol. The molecule has 0 spiro atoms. The molecule has 0 aliphatic carbocycles. The van der Waals surface area contributed by atoms with Gasteiger partial charge in [0.25, 0.3) is 0 Å². The van der Waals surface area contributed by atoms with E-state index < -0.39 is 10.0 Å². The van der Waals surface area contributed by atoms with Crippen LogP contribution in [0.5, 0.6) is 0 Å². The smallest absolute Gasteiger partial charge is 0.213 e. The summed E-state index contributed by atoms with van der Waals surface area (Å²) in [7, 11) is 0.651. The van der Waals surface area contributed by atoms with Crippen LogP contribution in [0.25, 0.3) is 0 Å². The minimum Gasteiger partial charge on any atom is -0.330 e. The Morgan fingerprint density at radius 3 is 2.69 bits per heavy atom. The number of hydrogen-bond acceptors (Lipinski definition) is 4. The Kier molecular flexibility index (Phi) is 5.17. The van der Waals surface area contributed by atoms with Crippen molar-refractivity contribution in [2.45, 2.75) is 12.8 Å². The van der Waals surface area contributed by atoms with Crippen molar-refractivity contribution in [3.05, 3.63) is 0 Å². The van der Waals surface area contributed by atoms with E-state index in [0.717, 1.165) is 19.5 Å². The van der Waals surface area contributed by atoms with Crippen LogP contribution in [0, 0.1) is 5.92 Å². The predicted molar refractivity (Wildman–Crippen MR) is 65.7 cm³/mol. The van der Waals surface area contributed by atoms with E-state index in [1.807, 2.05) is 0 Å². The first kappa shape index (κ1) is 13.9. The number of likely N-dealkylation sites (tertiary alicyclic amines) is 1. The van der Waals surface area contributed by atoms with E-state index in [-0.39, 0.29) is 5.75 Å². The van der Waals surface area contributed by atoms with E-state index in [9.17, 15) is 8.42 Å². The highest BCUT2D eigenvalue weighted by Crippen LogP contribution is 2.16. The van der Waals surface area contributed by atoms with Crippen LogP contribution >= 0.6 is 0 Å². The summed E-state index contributed by atoms with van der Waals surface area (Å²) in [5.74, 6) is 0.644. The van der Waals surface area contributed by atoms with Gasteiger partial charge < -0.3 is 10.6 Å². The lowest BCUT2D eigenvalue weighted by Crippen LogP contribution is -2.34. The lowest BCUT2D eigenvalue weighted by Gasteiger charge is -2.20. The summed E-state index contributed by atoms with van der Waals surface area (Å²) in [4.78, 5) is 2.24. The Morgan fingerprint density at radius 1 is 1.50 bits per heavy atom. The lowest BCUT2D eigenvalue weighted by molar-refractivity contribution is 0.356. The van der Waals surface area contributed by atoms with E-state index in [2.05, 4.69) is 11.9 Å². The lowest BCUT2D eigenvalue weighted by atomic mass is 10.1. The molecule has 0 aromatic rings. The second kappa shape index (κ2) is 5.95. The second-order valence-corrected chi connectivity index (χ2v) is 6.85. The summed E-state index contributed by atoms with van der Waals surface area (Å²) in [6, 6.07) is 0. The zero-order chi connectivity index (χ0) is 12.2. The summed E-state index contributed by atoms with van der Waals surface area (Å²) < 4.78 is 25.1. The maximum atomic E-state index is 11.8. The van der Waals surface area contributed by atoms with E-state index in [1.54, 1.807) is 7.05 Å². The molecular formula is C10H23N3O2S. The summed E-state index contributed by atoms with van der Waals surface area (Å²) in [5, 5.41) is 0. The van der Waals surface area contributed by atoms with Crippen molar-refractivity contribution in [3.63, 3.8) is 0 Å². The standard InChI is InChI=1S/C10H23N3O2S/c1-12-6-4-10(8-12)9-13(2)16(14,15)7-3-5-11/h10H,3-9,11H2,1-2H3. The summed E-state index contributed by atoms with van der Waals surface area (Å²) in [5.41, 5.74) is 5.33. The number of rotatable bonds is 6. The van der Waals surface area contributed by atoms with Gasteiger partial charge in [0.15, 0.2) is 0 Å². The Balaban J connectivity index is 2.41. The van der Waals surface area contributed by atoms with E-state index >= 15 is 0 Å². The van der Waals surface area contributed by atoms with Crippen molar-refractivity contribution >= 4 is 10.0 Å². The van der Waals surface area contributed by atoms with Crippen molar-refractivity contribution in [1.82, 2.24) is 9.21 Å². The van der Waals surface area contributed by atoms with Crippen LogP contribution in [-0.4, -0.2) is 63.7 Å². The molecule has 0 bridgehead atoms. The monoisotopic (exact) mass is 249 g/mol. The number of nitrogens with two attached hydrogens (primary N) is 1. The molecule has 1 saturated heterocycles. The highest BCUT2D eigenvalue weighted by atomic mass is 32.2. The average molecular weight is 249 g/mol. The molecule has 16 heavy (non-hydrogen) atoms. The van der Waals surface area contributed by atoms with Gasteiger partial charge in [-0.15, -0.1) is 0 Å². The number of nitrogens with zero attached hydrogens (tertiary/aromatic N) is 2. The molecule has 0 aromatic heterocycles. The molecule has 1 aliphatic heterocycles. The third kappa shape index (κ3) is 4.01. The van der Waals surface area contributed by atoms with Crippen molar-refractivity contribution in [2.24, 2.45) is 11.7 Å². The highest BCUT2D eigenvalue weighted by Gasteiger charge is 2.25. The van der Waals surface area contributed by atoms with Crippen molar-refractivity contribution < 1.29 is 8.42 Å². The maximum absolute atomic E-state index is 11.8. The van der Waals surface area contributed by atoms with E-state index in [1.165, 1.54) is 4.31 Å². The van der Waals surface area contributed by atoms with Gasteiger partial charge >= 0.3 is 0 Å². The normalized spacial score (nSPS) is 23.1. The van der Waals surface area contributed by atoms with Gasteiger partial charge in [-0.2, -0.15) is 0 Å². The van der Waals surface area contributed by atoms with Crippen LogP contribution in [-0.2, 0) is 10.0 Å². The largest absolute Gasteiger partial charge is 0.330 e. The number of hydrogen-bond donors (Lipinski definition) is 1. The Labute approximate surface area is 98.6 Å². The fourth-order valence-electron chi connectivity index (χ4n) is 2.07. The predicted octanol–water partition coefficient (Wildman–Crippen LogP) is -0.451. The second-order valence-electron chi connectivity index (χ2n) is 4.66. The van der Waals surface area contributed by atoms with Crippen LogP contribution in [0.1, 0.15) is 12.8 Å². The van der Waals surface area contributed by atoms with Gasteiger partial charge in [0, 0.05) is 20.1 Å².